The number of alkyl halides is 3. The van der Waals surface area contributed by atoms with Crippen LogP contribution < -0.4 is 5.32 Å². The molecule has 2 rings (SSSR count). The summed E-state index contributed by atoms with van der Waals surface area (Å²) in [6.07, 6.45) is -4.94. The summed E-state index contributed by atoms with van der Waals surface area (Å²) >= 11 is 0. The van der Waals surface area contributed by atoms with Gasteiger partial charge in [-0.15, -0.1) is 0 Å². The van der Waals surface area contributed by atoms with Crippen molar-refractivity contribution in [2.75, 3.05) is 18.5 Å². The maximum atomic E-state index is 12.7. The largest absolute Gasteiger partial charge is 0.462 e. The van der Waals surface area contributed by atoms with Gasteiger partial charge in [0.2, 0.25) is 0 Å². The number of esters is 2. The lowest BCUT2D eigenvalue weighted by Gasteiger charge is -2.11. The first-order chi connectivity index (χ1) is 13.7. The number of rotatable bonds is 7. The van der Waals surface area contributed by atoms with Crippen molar-refractivity contribution in [1.82, 2.24) is 0 Å². The highest BCUT2D eigenvalue weighted by atomic mass is 19.4. The molecule has 1 amide bonds. The summed E-state index contributed by atoms with van der Waals surface area (Å²) in [5, 5.41) is 2.43. The van der Waals surface area contributed by atoms with E-state index in [0.717, 1.165) is 12.1 Å². The van der Waals surface area contributed by atoms with Crippen LogP contribution in [0.4, 0.5) is 18.9 Å². The van der Waals surface area contributed by atoms with Crippen molar-refractivity contribution in [3.8, 4) is 0 Å². The van der Waals surface area contributed by atoms with E-state index in [4.69, 9.17) is 9.47 Å². The van der Waals surface area contributed by atoms with Gasteiger partial charge in [-0.3, -0.25) is 9.59 Å². The van der Waals surface area contributed by atoms with Gasteiger partial charge in [-0.1, -0.05) is 30.3 Å². The topological polar surface area (TPSA) is 81.7 Å². The van der Waals surface area contributed by atoms with Crippen molar-refractivity contribution in [3.05, 3.63) is 65.2 Å². The van der Waals surface area contributed by atoms with Gasteiger partial charge >= 0.3 is 18.1 Å². The van der Waals surface area contributed by atoms with Crippen molar-refractivity contribution in [2.24, 2.45) is 0 Å². The van der Waals surface area contributed by atoms with Crippen molar-refractivity contribution in [2.45, 2.75) is 19.5 Å². The summed E-state index contributed by atoms with van der Waals surface area (Å²) < 4.78 is 47.8. The van der Waals surface area contributed by atoms with E-state index >= 15 is 0 Å². The summed E-state index contributed by atoms with van der Waals surface area (Å²) in [5.74, 6) is -2.19. The Labute approximate surface area is 164 Å². The first-order valence-corrected chi connectivity index (χ1v) is 8.58. The predicted octanol–water partition coefficient (Wildman–Crippen LogP) is 3.61. The van der Waals surface area contributed by atoms with E-state index in [-0.39, 0.29) is 23.4 Å². The van der Waals surface area contributed by atoms with Gasteiger partial charge in [0.25, 0.3) is 5.91 Å². The molecule has 0 radical (unpaired) electrons. The molecule has 2 aromatic carbocycles. The number of nitrogens with one attached hydrogen (secondary N) is 1. The van der Waals surface area contributed by atoms with Gasteiger partial charge in [-0.25, -0.2) is 4.79 Å². The Bertz CT molecular complexity index is 896. The second-order valence-electron chi connectivity index (χ2n) is 5.85. The van der Waals surface area contributed by atoms with Crippen LogP contribution in [-0.4, -0.2) is 31.1 Å². The molecule has 0 aliphatic carbocycles. The fourth-order valence-corrected chi connectivity index (χ4v) is 2.39. The number of hydrogen-bond donors (Lipinski definition) is 1. The van der Waals surface area contributed by atoms with Gasteiger partial charge in [-0.2, -0.15) is 13.2 Å². The second kappa shape index (κ2) is 9.72. The molecule has 0 unspecified atom stereocenters. The Morgan fingerprint density at radius 2 is 1.72 bits per heavy atom. The van der Waals surface area contributed by atoms with Gasteiger partial charge in [-0.05, 0) is 30.7 Å². The normalized spacial score (nSPS) is 10.9. The number of ether oxygens (including phenoxy) is 2. The Balaban J connectivity index is 1.92. The standard InChI is InChI=1S/C20H18F3NO5/c1-2-28-19(27)15-8-3-4-9-16(15)24-17(25)12-29-18(26)11-13-6-5-7-14(10-13)20(21,22)23/h3-10H,2,11-12H2,1H3,(H,24,25). The van der Waals surface area contributed by atoms with Gasteiger partial charge in [0.15, 0.2) is 6.61 Å². The molecular formula is C20H18F3NO5. The first kappa shape index (κ1) is 21.9. The lowest BCUT2D eigenvalue weighted by Crippen LogP contribution is -2.23. The quantitative estimate of drug-likeness (QED) is 0.707. The maximum Gasteiger partial charge on any atom is 0.416 e. The molecule has 0 bridgehead atoms. The van der Waals surface area contributed by atoms with Gasteiger partial charge < -0.3 is 14.8 Å². The molecular weight excluding hydrogens is 391 g/mol. The Morgan fingerprint density at radius 3 is 2.41 bits per heavy atom. The van der Waals surface area contributed by atoms with Gasteiger partial charge in [0.05, 0.1) is 29.8 Å². The molecule has 0 saturated carbocycles. The smallest absolute Gasteiger partial charge is 0.416 e. The van der Waals surface area contributed by atoms with Gasteiger partial charge in [0, 0.05) is 0 Å². The summed E-state index contributed by atoms with van der Waals surface area (Å²) in [6.45, 7) is 1.15. The fourth-order valence-electron chi connectivity index (χ4n) is 2.39. The molecule has 0 spiro atoms. The minimum atomic E-state index is -4.52. The monoisotopic (exact) mass is 409 g/mol. The number of amides is 1. The molecule has 0 saturated heterocycles. The van der Waals surface area contributed by atoms with Crippen LogP contribution >= 0.6 is 0 Å². The van der Waals surface area contributed by atoms with Crippen LogP contribution in [0.15, 0.2) is 48.5 Å². The van der Waals surface area contributed by atoms with Gasteiger partial charge in [0.1, 0.15) is 0 Å². The number of halogens is 3. The average Bonchev–Trinajstić information content (AvgIpc) is 2.66. The summed E-state index contributed by atoms with van der Waals surface area (Å²) in [6, 6.07) is 10.4. The third kappa shape index (κ3) is 6.63. The maximum absolute atomic E-state index is 12.7. The molecule has 1 N–H and O–H groups in total. The van der Waals surface area contributed by atoms with E-state index in [1.807, 2.05) is 0 Å². The molecule has 0 heterocycles. The van der Waals surface area contributed by atoms with Crippen molar-refractivity contribution in [1.29, 1.82) is 0 Å². The highest BCUT2D eigenvalue weighted by molar-refractivity contribution is 6.01. The highest BCUT2D eigenvalue weighted by Crippen LogP contribution is 2.29. The van der Waals surface area contributed by atoms with Crippen LogP contribution in [-0.2, 0) is 31.7 Å². The number of benzene rings is 2. The molecule has 6 nitrogen and oxygen atoms in total. The lowest BCUT2D eigenvalue weighted by atomic mass is 10.1. The Kier molecular flexibility index (Phi) is 7.35. The molecule has 154 valence electrons. The molecule has 0 atom stereocenters. The summed E-state index contributed by atoms with van der Waals surface area (Å²) in [5.41, 5.74) is -0.447. The third-order valence-electron chi connectivity index (χ3n) is 3.66. The van der Waals surface area contributed by atoms with Crippen LogP contribution in [0.25, 0.3) is 0 Å². The zero-order valence-corrected chi connectivity index (χ0v) is 15.4. The van der Waals surface area contributed by atoms with Crippen LogP contribution in [0.5, 0.6) is 0 Å². The molecule has 0 fully saturated rings. The van der Waals surface area contributed by atoms with E-state index in [9.17, 15) is 27.6 Å². The van der Waals surface area contributed by atoms with Crippen LogP contribution in [0.3, 0.4) is 0 Å². The van der Waals surface area contributed by atoms with Crippen LogP contribution in [0, 0.1) is 0 Å². The number of carbonyl (C=O) groups excluding carboxylic acids is 3. The van der Waals surface area contributed by atoms with E-state index in [1.54, 1.807) is 19.1 Å². The van der Waals surface area contributed by atoms with Crippen molar-refractivity contribution >= 4 is 23.5 Å². The molecule has 29 heavy (non-hydrogen) atoms. The number of anilines is 1. The van der Waals surface area contributed by atoms with Crippen molar-refractivity contribution < 1.29 is 37.0 Å². The molecule has 0 aromatic heterocycles. The van der Waals surface area contributed by atoms with E-state index in [1.165, 1.54) is 24.3 Å². The predicted molar refractivity (Wildman–Crippen MR) is 97.1 cm³/mol. The third-order valence-corrected chi connectivity index (χ3v) is 3.66. The van der Waals surface area contributed by atoms with E-state index in [2.05, 4.69) is 5.32 Å². The SMILES string of the molecule is CCOC(=O)c1ccccc1NC(=O)COC(=O)Cc1cccc(C(F)(F)F)c1. The molecule has 0 aliphatic rings. The summed E-state index contributed by atoms with van der Waals surface area (Å²) in [4.78, 5) is 35.7. The zero-order valence-electron chi connectivity index (χ0n) is 15.4. The number of carbonyl (C=O) groups is 3. The fraction of sp³-hybridized carbons (Fsp3) is 0.250. The van der Waals surface area contributed by atoms with Crippen LogP contribution in [0.1, 0.15) is 28.4 Å². The highest BCUT2D eigenvalue weighted by Gasteiger charge is 2.30. The first-order valence-electron chi connectivity index (χ1n) is 8.58. The molecule has 9 heteroatoms. The Hall–Kier alpha value is -3.36. The van der Waals surface area contributed by atoms with E-state index in [0.29, 0.717) is 0 Å². The van der Waals surface area contributed by atoms with Crippen LogP contribution in [0.2, 0.25) is 0 Å². The zero-order chi connectivity index (χ0) is 21.4. The average molecular weight is 409 g/mol. The summed E-state index contributed by atoms with van der Waals surface area (Å²) in [7, 11) is 0. The Morgan fingerprint density at radius 1 is 1.00 bits per heavy atom. The minimum absolute atomic E-state index is 0.109. The lowest BCUT2D eigenvalue weighted by molar-refractivity contribution is -0.146. The van der Waals surface area contributed by atoms with Crippen molar-refractivity contribution in [3.63, 3.8) is 0 Å². The minimum Gasteiger partial charge on any atom is -0.462 e. The second-order valence-corrected chi connectivity index (χ2v) is 5.85. The number of hydrogen-bond acceptors (Lipinski definition) is 5. The molecule has 2 aromatic rings. The number of para-hydroxylation sites is 1. The molecule has 0 aliphatic heterocycles. The van der Waals surface area contributed by atoms with E-state index < -0.39 is 42.6 Å².